The maximum atomic E-state index is 11.5. The van der Waals surface area contributed by atoms with Crippen LogP contribution in [0.4, 0.5) is 0 Å². The third-order valence-corrected chi connectivity index (χ3v) is 8.26. The number of aromatic nitrogens is 1. The molecule has 3 atom stereocenters. The van der Waals surface area contributed by atoms with Crippen LogP contribution in [0.3, 0.4) is 0 Å². The Morgan fingerprint density at radius 2 is 2.03 bits per heavy atom. The topological polar surface area (TPSA) is 81.0 Å². The Hall–Kier alpha value is -2.87. The summed E-state index contributed by atoms with van der Waals surface area (Å²) in [5.74, 6) is 1.75. The lowest BCUT2D eigenvalue weighted by molar-refractivity contribution is 0.306. The number of para-hydroxylation sites is 1. The van der Waals surface area contributed by atoms with Crippen molar-refractivity contribution in [2.24, 2.45) is 27.7 Å². The van der Waals surface area contributed by atoms with Crippen molar-refractivity contribution in [1.29, 1.82) is 0 Å². The quantitative estimate of drug-likeness (QED) is 0.341. The number of nitrogens with zero attached hydrogens (tertiary/aromatic N) is 4. The monoisotopic (exact) mass is 486 g/mol. The second kappa shape index (κ2) is 10.0. The van der Waals surface area contributed by atoms with Gasteiger partial charge in [-0.15, -0.1) is 6.58 Å². The van der Waals surface area contributed by atoms with E-state index >= 15 is 0 Å². The van der Waals surface area contributed by atoms with Crippen LogP contribution in [-0.2, 0) is 11.3 Å². The smallest absolute Gasteiger partial charge is 0.153 e. The van der Waals surface area contributed by atoms with Crippen molar-refractivity contribution in [2.75, 3.05) is 19.6 Å². The Morgan fingerprint density at radius 1 is 1.26 bits per heavy atom. The van der Waals surface area contributed by atoms with Gasteiger partial charge >= 0.3 is 0 Å². The molecule has 1 aromatic heterocycles. The molecule has 7 heteroatoms. The summed E-state index contributed by atoms with van der Waals surface area (Å²) in [6.45, 7) is 12.4. The van der Waals surface area contributed by atoms with E-state index in [2.05, 4.69) is 37.2 Å². The highest BCUT2D eigenvalue weighted by Crippen LogP contribution is 2.43. The Balaban J connectivity index is 1.60. The third kappa shape index (κ3) is 4.68. The van der Waals surface area contributed by atoms with E-state index in [1.807, 2.05) is 36.7 Å². The summed E-state index contributed by atoms with van der Waals surface area (Å²) in [6.07, 6.45) is 8.12. The fourth-order valence-electron chi connectivity index (χ4n) is 5.37. The summed E-state index contributed by atoms with van der Waals surface area (Å²) in [6, 6.07) is 10.3. The highest BCUT2D eigenvalue weighted by atomic mass is 32.2. The second-order valence-electron chi connectivity index (χ2n) is 9.56. The van der Waals surface area contributed by atoms with Gasteiger partial charge in [-0.05, 0) is 31.9 Å². The first-order valence-corrected chi connectivity index (χ1v) is 13.2. The lowest BCUT2D eigenvalue weighted by Gasteiger charge is -2.32. The van der Waals surface area contributed by atoms with E-state index in [-0.39, 0.29) is 17.8 Å². The van der Waals surface area contributed by atoms with E-state index < -0.39 is 11.3 Å². The van der Waals surface area contributed by atoms with Crippen LogP contribution in [0.5, 0.6) is 0 Å². The number of pyridine rings is 1. The summed E-state index contributed by atoms with van der Waals surface area (Å²) in [5.41, 5.74) is 5.99. The lowest BCUT2D eigenvalue weighted by Crippen LogP contribution is -2.38. The van der Waals surface area contributed by atoms with Crippen molar-refractivity contribution >= 4 is 39.7 Å². The van der Waals surface area contributed by atoms with Crippen molar-refractivity contribution in [2.45, 2.75) is 26.2 Å². The van der Waals surface area contributed by atoms with Crippen molar-refractivity contribution in [3.63, 3.8) is 0 Å². The van der Waals surface area contributed by atoms with Gasteiger partial charge in [0.1, 0.15) is 5.57 Å². The third-order valence-electron chi connectivity index (χ3n) is 7.47. The summed E-state index contributed by atoms with van der Waals surface area (Å²) < 4.78 is 24.4. The van der Waals surface area contributed by atoms with Crippen molar-refractivity contribution in [3.8, 4) is 0 Å². The van der Waals surface area contributed by atoms with Crippen molar-refractivity contribution < 1.29 is 8.76 Å². The molecule has 1 aromatic carbocycles. The normalized spacial score (nSPS) is 23.6. The molecule has 2 aromatic rings. The average molecular weight is 487 g/mol. The van der Waals surface area contributed by atoms with Gasteiger partial charge in [-0.3, -0.25) is 14.2 Å². The number of aliphatic imine (C=N–C) groups is 2. The summed E-state index contributed by atoms with van der Waals surface area (Å²) in [5, 5.41) is 1.08. The molecule has 3 unspecified atom stereocenters. The predicted molar refractivity (Wildman–Crippen MR) is 143 cm³/mol. The van der Waals surface area contributed by atoms with Crippen LogP contribution >= 0.6 is 0 Å². The van der Waals surface area contributed by atoms with Crippen LogP contribution in [0.25, 0.3) is 16.5 Å². The van der Waals surface area contributed by atoms with Gasteiger partial charge in [0.15, 0.2) is 5.71 Å². The molecule has 1 fully saturated rings. The minimum absolute atomic E-state index is 0.155. The molecule has 1 saturated heterocycles. The molecule has 0 spiro atoms. The van der Waals surface area contributed by atoms with Gasteiger partial charge < -0.3 is 4.55 Å². The second-order valence-corrected chi connectivity index (χ2v) is 10.5. The molecule has 4 heterocycles. The molecule has 6 nitrogen and oxygen atoms in total. The van der Waals surface area contributed by atoms with Crippen LogP contribution < -0.4 is 0 Å². The van der Waals surface area contributed by atoms with Crippen molar-refractivity contribution in [1.82, 2.24) is 9.29 Å². The van der Waals surface area contributed by atoms with Gasteiger partial charge in [0, 0.05) is 90.6 Å². The number of piperidine rings is 1. The Bertz CT molecular complexity index is 1270. The van der Waals surface area contributed by atoms with E-state index in [1.54, 1.807) is 0 Å². The Kier molecular flexibility index (Phi) is 6.82. The van der Waals surface area contributed by atoms with Crippen LogP contribution in [0.2, 0.25) is 0 Å². The molecule has 0 radical (unpaired) electrons. The maximum Gasteiger partial charge on any atom is 0.153 e. The van der Waals surface area contributed by atoms with E-state index in [9.17, 15) is 8.76 Å². The molecular weight excluding hydrogens is 456 g/mol. The van der Waals surface area contributed by atoms with Gasteiger partial charge in [-0.2, -0.15) is 4.99 Å². The largest absolute Gasteiger partial charge is 0.760 e. The SMILES string of the molecule is C=CC(C)[C+]1CC2CN=CC(c3cnc4ccccc4c3)=C2N=C(C2CCN(S(=O)[O-])CC2)C1=C. The van der Waals surface area contributed by atoms with Crippen LogP contribution in [0.1, 0.15) is 31.7 Å². The zero-order valence-corrected chi connectivity index (χ0v) is 20.8. The van der Waals surface area contributed by atoms with Gasteiger partial charge in [0.05, 0.1) is 17.1 Å². The number of hydrogen-bond donors (Lipinski definition) is 0. The number of benzene rings is 1. The molecule has 0 bridgehead atoms. The molecule has 0 saturated carbocycles. The lowest BCUT2D eigenvalue weighted by atomic mass is 9.76. The number of dihydropyridines is 1. The Labute approximate surface area is 209 Å². The Morgan fingerprint density at radius 3 is 2.77 bits per heavy atom. The molecule has 0 aliphatic carbocycles. The number of fused-ring (bicyclic) bond motifs is 2. The van der Waals surface area contributed by atoms with Crippen molar-refractivity contribution in [3.05, 3.63) is 78.5 Å². The predicted octanol–water partition coefficient (Wildman–Crippen LogP) is 4.95. The van der Waals surface area contributed by atoms with Gasteiger partial charge in [-0.1, -0.05) is 24.3 Å². The van der Waals surface area contributed by atoms with E-state index in [4.69, 9.17) is 9.98 Å². The molecule has 0 N–H and O–H groups in total. The highest BCUT2D eigenvalue weighted by Gasteiger charge is 2.42. The van der Waals surface area contributed by atoms with Crippen LogP contribution in [0, 0.1) is 23.7 Å². The average Bonchev–Trinajstić information content (AvgIpc) is 3.04. The molecule has 3 aliphatic heterocycles. The van der Waals surface area contributed by atoms with Gasteiger partial charge in [0.25, 0.3) is 0 Å². The first-order valence-electron chi connectivity index (χ1n) is 12.2. The minimum atomic E-state index is -2.18. The minimum Gasteiger partial charge on any atom is -0.760 e. The van der Waals surface area contributed by atoms with Crippen LogP contribution in [0.15, 0.2) is 77.0 Å². The van der Waals surface area contributed by atoms with E-state index in [0.29, 0.717) is 19.6 Å². The zero-order valence-electron chi connectivity index (χ0n) is 20.0. The standard InChI is InChI=1S/C28H30N4O2S/c1-4-18(2)24-14-23-15-29-17-25(22-13-21-7-5-6-8-26(21)30-16-22)28(23)31-27(19(24)3)20-9-11-32(12-10-20)35(33)34/h4-8,13,16-18,20,23H,1,3,9-12,14-15H2,2H3. The van der Waals surface area contributed by atoms with E-state index in [0.717, 1.165) is 58.3 Å². The molecule has 3 aliphatic rings. The molecule has 35 heavy (non-hydrogen) atoms. The molecule has 0 amide bonds. The van der Waals surface area contributed by atoms with Crippen LogP contribution in [-0.4, -0.2) is 49.6 Å². The highest BCUT2D eigenvalue weighted by molar-refractivity contribution is 7.76. The number of allylic oxidation sites excluding steroid dienone is 3. The van der Waals surface area contributed by atoms with Gasteiger partial charge in [-0.25, -0.2) is 4.31 Å². The maximum absolute atomic E-state index is 11.5. The van der Waals surface area contributed by atoms with E-state index in [1.165, 1.54) is 10.2 Å². The summed E-state index contributed by atoms with van der Waals surface area (Å²) in [7, 11) is 0. The first-order chi connectivity index (χ1) is 17.0. The number of hydrogen-bond acceptors (Lipinski definition) is 5. The molecule has 5 rings (SSSR count). The summed E-state index contributed by atoms with van der Waals surface area (Å²) in [4.78, 5) is 14.7. The zero-order chi connectivity index (χ0) is 24.5. The molecular formula is C28H30N4O2S. The molecule has 180 valence electrons. The fourth-order valence-corrected chi connectivity index (χ4v) is 5.88. The number of rotatable bonds is 5. The summed E-state index contributed by atoms with van der Waals surface area (Å²) >= 11 is -2.18. The van der Waals surface area contributed by atoms with Gasteiger partial charge in [0.2, 0.25) is 0 Å². The first kappa shape index (κ1) is 23.9. The fraction of sp³-hybridized carbons (Fsp3) is 0.357.